The third-order valence-corrected chi connectivity index (χ3v) is 4.22. The summed E-state index contributed by atoms with van der Waals surface area (Å²) in [6.07, 6.45) is 2.13. The first kappa shape index (κ1) is 17.2. The van der Waals surface area contributed by atoms with E-state index in [0.717, 1.165) is 11.2 Å². The highest BCUT2D eigenvalue weighted by atomic mass is 35.5. The Labute approximate surface area is 150 Å². The molecule has 0 atom stereocenters. The smallest absolute Gasteiger partial charge is 0.220 e. The van der Waals surface area contributed by atoms with Crippen molar-refractivity contribution >= 4 is 28.9 Å². The molecule has 6 heteroatoms. The van der Waals surface area contributed by atoms with Crippen molar-refractivity contribution in [3.8, 4) is 0 Å². The molecule has 0 bridgehead atoms. The van der Waals surface area contributed by atoms with E-state index in [0.29, 0.717) is 23.0 Å². The molecule has 0 radical (unpaired) electrons. The maximum atomic E-state index is 12.1. The molecule has 0 spiro atoms. The molecule has 1 aromatic carbocycles. The number of aromatic nitrogens is 2. The molecule has 2 aromatic heterocycles. The lowest BCUT2D eigenvalue weighted by Gasteiger charge is -2.04. The van der Waals surface area contributed by atoms with Gasteiger partial charge in [-0.15, -0.1) is 0 Å². The number of hydrogen-bond acceptors (Lipinski definition) is 3. The van der Waals surface area contributed by atoms with Gasteiger partial charge >= 0.3 is 0 Å². The summed E-state index contributed by atoms with van der Waals surface area (Å²) < 4.78 is 1.75. The fourth-order valence-electron chi connectivity index (χ4n) is 2.50. The van der Waals surface area contributed by atoms with E-state index in [2.05, 4.69) is 10.3 Å². The number of rotatable bonds is 6. The van der Waals surface area contributed by atoms with Gasteiger partial charge in [0.05, 0.1) is 12.2 Å². The first-order valence-corrected chi connectivity index (χ1v) is 8.40. The summed E-state index contributed by atoms with van der Waals surface area (Å²) in [6.45, 7) is 2.27. The van der Waals surface area contributed by atoms with Crippen LogP contribution in [0.5, 0.6) is 0 Å². The van der Waals surface area contributed by atoms with E-state index in [-0.39, 0.29) is 24.5 Å². The fraction of sp³-hybridized carbons (Fsp3) is 0.211. The van der Waals surface area contributed by atoms with Gasteiger partial charge in [0, 0.05) is 24.6 Å². The summed E-state index contributed by atoms with van der Waals surface area (Å²) in [5.41, 5.74) is 3.17. The van der Waals surface area contributed by atoms with Crippen LogP contribution in [0, 0.1) is 6.92 Å². The zero-order valence-electron chi connectivity index (χ0n) is 13.8. The quantitative estimate of drug-likeness (QED) is 0.543. The van der Waals surface area contributed by atoms with Crippen molar-refractivity contribution in [3.05, 3.63) is 70.6 Å². The van der Waals surface area contributed by atoms with E-state index < -0.39 is 0 Å². The van der Waals surface area contributed by atoms with Crippen molar-refractivity contribution in [1.29, 1.82) is 0 Å². The van der Waals surface area contributed by atoms with Crippen LogP contribution in [0.2, 0.25) is 5.15 Å². The van der Waals surface area contributed by atoms with Crippen molar-refractivity contribution < 1.29 is 9.59 Å². The number of imidazole rings is 1. The van der Waals surface area contributed by atoms with E-state index in [1.165, 1.54) is 0 Å². The Kier molecular flexibility index (Phi) is 5.14. The lowest BCUT2D eigenvalue weighted by atomic mass is 10.1. The molecule has 128 valence electrons. The number of benzene rings is 1. The number of halogens is 1. The van der Waals surface area contributed by atoms with E-state index in [1.807, 2.05) is 31.2 Å². The third kappa shape index (κ3) is 4.25. The largest absolute Gasteiger partial charge is 0.350 e. The third-order valence-electron chi connectivity index (χ3n) is 3.91. The first-order chi connectivity index (χ1) is 12.0. The van der Waals surface area contributed by atoms with Crippen molar-refractivity contribution in [2.75, 3.05) is 0 Å². The van der Waals surface area contributed by atoms with Crippen LogP contribution in [0.15, 0.2) is 48.7 Å². The number of amides is 1. The molecule has 2 heterocycles. The summed E-state index contributed by atoms with van der Waals surface area (Å²) in [7, 11) is 0. The number of ketones is 1. The topological polar surface area (TPSA) is 63.5 Å². The fourth-order valence-corrected chi connectivity index (χ4v) is 2.71. The van der Waals surface area contributed by atoms with Gasteiger partial charge in [-0.05, 0) is 19.1 Å². The van der Waals surface area contributed by atoms with Gasteiger partial charge in [-0.2, -0.15) is 0 Å². The van der Waals surface area contributed by atoms with Crippen LogP contribution in [0.4, 0.5) is 0 Å². The van der Waals surface area contributed by atoms with Crippen molar-refractivity contribution in [1.82, 2.24) is 14.7 Å². The van der Waals surface area contributed by atoms with Gasteiger partial charge in [-0.1, -0.05) is 47.5 Å². The van der Waals surface area contributed by atoms with Crippen LogP contribution in [-0.2, 0) is 11.3 Å². The predicted octanol–water partition coefficient (Wildman–Crippen LogP) is 3.58. The minimum absolute atomic E-state index is 0.0327. The zero-order chi connectivity index (χ0) is 17.8. The number of Topliss-reactive ketones (excluding diaryl/α,β-unsaturated/α-hetero) is 1. The zero-order valence-corrected chi connectivity index (χ0v) is 14.6. The Morgan fingerprint density at radius 3 is 2.60 bits per heavy atom. The van der Waals surface area contributed by atoms with Crippen LogP contribution in [0.25, 0.3) is 5.65 Å². The van der Waals surface area contributed by atoms with E-state index in [1.54, 1.807) is 28.8 Å². The lowest BCUT2D eigenvalue weighted by Crippen LogP contribution is -2.23. The summed E-state index contributed by atoms with van der Waals surface area (Å²) >= 11 is 6.08. The Morgan fingerprint density at radius 2 is 1.88 bits per heavy atom. The van der Waals surface area contributed by atoms with Gasteiger partial charge in [0.1, 0.15) is 10.8 Å². The number of aryl methyl sites for hydroxylation is 1. The maximum absolute atomic E-state index is 12.1. The number of nitrogens with one attached hydrogen (secondary N) is 1. The monoisotopic (exact) mass is 355 g/mol. The van der Waals surface area contributed by atoms with Crippen molar-refractivity contribution in [2.45, 2.75) is 26.3 Å². The SMILES string of the molecule is Cc1ccc(C(=O)CCC(=O)NCc2cn3c(Cl)cccc3n2)cc1. The van der Waals surface area contributed by atoms with Gasteiger partial charge in [0.2, 0.25) is 5.91 Å². The molecule has 0 aliphatic carbocycles. The summed E-state index contributed by atoms with van der Waals surface area (Å²) in [4.78, 5) is 28.4. The van der Waals surface area contributed by atoms with Crippen LogP contribution in [0.3, 0.4) is 0 Å². The summed E-state index contributed by atoms with van der Waals surface area (Å²) in [6, 6.07) is 12.8. The second kappa shape index (κ2) is 7.49. The molecule has 25 heavy (non-hydrogen) atoms. The first-order valence-electron chi connectivity index (χ1n) is 8.02. The minimum atomic E-state index is -0.177. The number of fused-ring (bicyclic) bond motifs is 1. The van der Waals surface area contributed by atoms with Crippen LogP contribution < -0.4 is 5.32 Å². The molecular formula is C19H18ClN3O2. The second-order valence-electron chi connectivity index (χ2n) is 5.87. The molecule has 1 N–H and O–H groups in total. The summed E-state index contributed by atoms with van der Waals surface area (Å²) in [5, 5.41) is 3.35. The number of hydrogen-bond donors (Lipinski definition) is 1. The van der Waals surface area contributed by atoms with E-state index >= 15 is 0 Å². The molecular weight excluding hydrogens is 338 g/mol. The Balaban J connectivity index is 1.51. The molecule has 0 aliphatic heterocycles. The summed E-state index contributed by atoms with van der Waals surface area (Å²) in [5.74, 6) is -0.210. The highest BCUT2D eigenvalue weighted by Gasteiger charge is 2.10. The molecule has 3 rings (SSSR count). The number of carbonyl (C=O) groups is 2. The molecule has 5 nitrogen and oxygen atoms in total. The molecule has 1 amide bonds. The lowest BCUT2D eigenvalue weighted by molar-refractivity contribution is -0.121. The Bertz CT molecular complexity index is 916. The van der Waals surface area contributed by atoms with Crippen LogP contribution in [-0.4, -0.2) is 21.1 Å². The highest BCUT2D eigenvalue weighted by Crippen LogP contribution is 2.13. The molecule has 3 aromatic rings. The van der Waals surface area contributed by atoms with Crippen molar-refractivity contribution in [3.63, 3.8) is 0 Å². The maximum Gasteiger partial charge on any atom is 0.220 e. The Hall–Kier alpha value is -2.66. The standard InChI is InChI=1S/C19H18ClN3O2/c1-13-5-7-14(8-6-13)16(24)9-10-19(25)21-11-15-12-23-17(20)3-2-4-18(23)22-15/h2-8,12H,9-11H2,1H3,(H,21,25). The number of nitrogens with zero attached hydrogens (tertiary/aromatic N) is 2. The molecule has 0 unspecified atom stereocenters. The van der Waals surface area contributed by atoms with Gasteiger partial charge in [0.25, 0.3) is 0 Å². The van der Waals surface area contributed by atoms with Gasteiger partial charge in [-0.3, -0.25) is 14.0 Å². The van der Waals surface area contributed by atoms with Crippen LogP contribution in [0.1, 0.15) is 34.5 Å². The average Bonchev–Trinajstić information content (AvgIpc) is 3.03. The molecule has 0 aliphatic rings. The number of carbonyl (C=O) groups excluding carboxylic acids is 2. The van der Waals surface area contributed by atoms with Crippen LogP contribution >= 0.6 is 11.6 Å². The molecule has 0 fully saturated rings. The molecule has 0 saturated carbocycles. The average molecular weight is 356 g/mol. The van der Waals surface area contributed by atoms with E-state index in [4.69, 9.17) is 11.6 Å². The predicted molar refractivity (Wildman–Crippen MR) is 96.8 cm³/mol. The minimum Gasteiger partial charge on any atom is -0.350 e. The highest BCUT2D eigenvalue weighted by molar-refractivity contribution is 6.29. The normalized spacial score (nSPS) is 10.8. The van der Waals surface area contributed by atoms with Crippen molar-refractivity contribution in [2.24, 2.45) is 0 Å². The van der Waals surface area contributed by atoms with Gasteiger partial charge < -0.3 is 5.32 Å². The second-order valence-corrected chi connectivity index (χ2v) is 6.26. The Morgan fingerprint density at radius 1 is 1.12 bits per heavy atom. The molecule has 0 saturated heterocycles. The van der Waals surface area contributed by atoms with Gasteiger partial charge in [0.15, 0.2) is 5.78 Å². The number of pyridine rings is 1. The van der Waals surface area contributed by atoms with E-state index in [9.17, 15) is 9.59 Å². The van der Waals surface area contributed by atoms with Gasteiger partial charge in [-0.25, -0.2) is 4.98 Å².